The highest BCUT2D eigenvalue weighted by atomic mass is 19.1. The molecule has 2 aliphatic heterocycles. The van der Waals surface area contributed by atoms with Crippen molar-refractivity contribution in [2.45, 2.75) is 37.9 Å². The third-order valence-corrected chi connectivity index (χ3v) is 5.58. The molecule has 0 aliphatic carbocycles. The van der Waals surface area contributed by atoms with Gasteiger partial charge in [-0.2, -0.15) is 5.01 Å². The average molecular weight is 397 g/mol. The number of carbonyl (C=O) groups is 2. The standard InChI is InChI=1S/C22H24FN3O3/c1-29-19-11-10-16(13-17(19)23)20-22(28)25-12-6-5-9-18(25)21(27)24-26(20)14-15-7-3-2-4-8-15/h2-4,7-8,10-11,13,18,20H,5-6,9,12,14H2,1H3,(H,24,27). The van der Waals surface area contributed by atoms with Gasteiger partial charge in [0.05, 0.1) is 7.11 Å². The van der Waals surface area contributed by atoms with Crippen molar-refractivity contribution in [2.75, 3.05) is 13.7 Å². The van der Waals surface area contributed by atoms with Crippen LogP contribution in [0.25, 0.3) is 0 Å². The molecule has 6 nitrogen and oxygen atoms in total. The number of nitrogens with zero attached hydrogens (tertiary/aromatic N) is 2. The average Bonchev–Trinajstić information content (AvgIpc) is 2.84. The van der Waals surface area contributed by atoms with Gasteiger partial charge in [-0.15, -0.1) is 0 Å². The van der Waals surface area contributed by atoms with Crippen molar-refractivity contribution < 1.29 is 18.7 Å². The Balaban J connectivity index is 1.75. The van der Waals surface area contributed by atoms with Crippen molar-refractivity contribution in [3.63, 3.8) is 0 Å². The first kappa shape index (κ1) is 19.4. The number of hydrazine groups is 1. The van der Waals surface area contributed by atoms with Gasteiger partial charge in [0.2, 0.25) is 5.91 Å². The second kappa shape index (κ2) is 8.21. The van der Waals surface area contributed by atoms with Crippen LogP contribution in [0.4, 0.5) is 4.39 Å². The summed E-state index contributed by atoms with van der Waals surface area (Å²) in [5, 5.41) is 1.62. The molecular formula is C22H24FN3O3. The predicted molar refractivity (Wildman–Crippen MR) is 105 cm³/mol. The molecule has 4 rings (SSSR count). The molecule has 2 unspecified atom stereocenters. The summed E-state index contributed by atoms with van der Waals surface area (Å²) in [4.78, 5) is 28.1. The summed E-state index contributed by atoms with van der Waals surface area (Å²) in [6, 6.07) is 12.8. The van der Waals surface area contributed by atoms with E-state index in [1.54, 1.807) is 16.0 Å². The third-order valence-electron chi connectivity index (χ3n) is 5.58. The molecule has 0 aromatic heterocycles. The van der Waals surface area contributed by atoms with Gasteiger partial charge >= 0.3 is 0 Å². The molecule has 0 spiro atoms. The Morgan fingerprint density at radius 1 is 1.14 bits per heavy atom. The zero-order chi connectivity index (χ0) is 20.4. The molecule has 0 saturated carbocycles. The number of hydrogen-bond donors (Lipinski definition) is 1. The van der Waals surface area contributed by atoms with E-state index in [9.17, 15) is 14.0 Å². The normalized spacial score (nSPS) is 22.6. The van der Waals surface area contributed by atoms with Gasteiger partial charge in [0.25, 0.3) is 5.91 Å². The van der Waals surface area contributed by atoms with Crippen molar-refractivity contribution in [1.29, 1.82) is 0 Å². The van der Waals surface area contributed by atoms with Gasteiger partial charge in [-0.25, -0.2) is 4.39 Å². The topological polar surface area (TPSA) is 61.9 Å². The Morgan fingerprint density at radius 3 is 2.66 bits per heavy atom. The zero-order valence-electron chi connectivity index (χ0n) is 16.3. The van der Waals surface area contributed by atoms with Gasteiger partial charge in [0, 0.05) is 13.1 Å². The monoisotopic (exact) mass is 397 g/mol. The molecule has 2 saturated heterocycles. The minimum Gasteiger partial charge on any atom is -0.494 e. The fraction of sp³-hybridized carbons (Fsp3) is 0.364. The molecule has 152 valence electrons. The van der Waals surface area contributed by atoms with Crippen molar-refractivity contribution in [1.82, 2.24) is 15.3 Å². The number of ether oxygens (including phenoxy) is 1. The fourth-order valence-electron chi connectivity index (χ4n) is 4.13. The molecule has 2 heterocycles. The van der Waals surface area contributed by atoms with E-state index in [1.807, 2.05) is 30.3 Å². The lowest BCUT2D eigenvalue weighted by molar-refractivity contribution is -0.141. The van der Waals surface area contributed by atoms with Crippen molar-refractivity contribution in [2.24, 2.45) is 0 Å². The van der Waals surface area contributed by atoms with Gasteiger partial charge in [0.1, 0.15) is 12.1 Å². The van der Waals surface area contributed by atoms with Crippen LogP contribution < -0.4 is 10.2 Å². The lowest BCUT2D eigenvalue weighted by atomic mass is 9.98. The number of piperidine rings is 1. The Kier molecular flexibility index (Phi) is 5.49. The molecule has 0 radical (unpaired) electrons. The third kappa shape index (κ3) is 3.82. The Bertz CT molecular complexity index is 905. The predicted octanol–water partition coefficient (Wildman–Crippen LogP) is 2.80. The van der Waals surface area contributed by atoms with Crippen LogP contribution in [0.5, 0.6) is 5.75 Å². The number of methoxy groups -OCH3 is 1. The van der Waals surface area contributed by atoms with E-state index in [4.69, 9.17) is 4.74 Å². The van der Waals surface area contributed by atoms with Gasteiger partial charge in [-0.05, 0) is 42.5 Å². The molecule has 2 aliphatic rings. The Morgan fingerprint density at radius 2 is 1.93 bits per heavy atom. The van der Waals surface area contributed by atoms with Crippen LogP contribution >= 0.6 is 0 Å². The second-order valence-corrected chi connectivity index (χ2v) is 7.43. The maximum absolute atomic E-state index is 14.4. The van der Waals surface area contributed by atoms with Crippen LogP contribution in [0.3, 0.4) is 0 Å². The largest absolute Gasteiger partial charge is 0.494 e. The van der Waals surface area contributed by atoms with Gasteiger partial charge < -0.3 is 9.64 Å². The van der Waals surface area contributed by atoms with E-state index in [0.29, 0.717) is 25.1 Å². The Hall–Kier alpha value is -2.93. The van der Waals surface area contributed by atoms with Crippen LogP contribution in [0.1, 0.15) is 36.4 Å². The van der Waals surface area contributed by atoms with E-state index >= 15 is 0 Å². The first-order chi connectivity index (χ1) is 14.1. The summed E-state index contributed by atoms with van der Waals surface area (Å²) in [6.07, 6.45) is 2.40. The number of carbonyl (C=O) groups excluding carboxylic acids is 2. The smallest absolute Gasteiger partial charge is 0.257 e. The van der Waals surface area contributed by atoms with E-state index < -0.39 is 17.9 Å². The van der Waals surface area contributed by atoms with E-state index in [-0.39, 0.29) is 17.6 Å². The molecule has 29 heavy (non-hydrogen) atoms. The van der Waals surface area contributed by atoms with Crippen molar-refractivity contribution >= 4 is 11.8 Å². The molecule has 2 amide bonds. The highest BCUT2D eigenvalue weighted by Crippen LogP contribution is 2.32. The molecule has 2 atom stereocenters. The number of benzene rings is 2. The van der Waals surface area contributed by atoms with E-state index in [1.165, 1.54) is 19.2 Å². The van der Waals surface area contributed by atoms with Gasteiger partial charge in [0.15, 0.2) is 11.6 Å². The summed E-state index contributed by atoms with van der Waals surface area (Å²) in [6.45, 7) is 0.864. The quantitative estimate of drug-likeness (QED) is 0.862. The Labute approximate surface area is 169 Å². The van der Waals surface area contributed by atoms with Crippen LogP contribution in [0.15, 0.2) is 48.5 Å². The lowest BCUT2D eigenvalue weighted by Crippen LogP contribution is -2.49. The molecular weight excluding hydrogens is 373 g/mol. The molecule has 0 bridgehead atoms. The number of fused-ring (bicyclic) bond motifs is 1. The van der Waals surface area contributed by atoms with E-state index in [0.717, 1.165) is 18.4 Å². The first-order valence-corrected chi connectivity index (χ1v) is 9.83. The SMILES string of the molecule is COc1ccc(C2C(=O)N3CCCCC3C(=O)NN2Cc2ccccc2)cc1F. The van der Waals surface area contributed by atoms with E-state index in [2.05, 4.69) is 5.43 Å². The van der Waals surface area contributed by atoms with Crippen molar-refractivity contribution in [3.05, 3.63) is 65.5 Å². The molecule has 7 heteroatoms. The fourth-order valence-corrected chi connectivity index (χ4v) is 4.13. The lowest BCUT2D eigenvalue weighted by Gasteiger charge is -2.34. The van der Waals surface area contributed by atoms with Crippen molar-refractivity contribution in [3.8, 4) is 5.75 Å². The first-order valence-electron chi connectivity index (χ1n) is 9.83. The summed E-state index contributed by atoms with van der Waals surface area (Å²) >= 11 is 0. The molecule has 2 fully saturated rings. The number of amides is 2. The maximum atomic E-state index is 14.4. The van der Waals surface area contributed by atoms with Crippen LogP contribution in [-0.4, -0.2) is 41.4 Å². The zero-order valence-corrected chi connectivity index (χ0v) is 16.3. The van der Waals surface area contributed by atoms with Gasteiger partial charge in [-0.1, -0.05) is 36.4 Å². The number of nitrogens with one attached hydrogen (secondary N) is 1. The minimum absolute atomic E-state index is 0.115. The summed E-state index contributed by atoms with van der Waals surface area (Å²) < 4.78 is 19.5. The summed E-state index contributed by atoms with van der Waals surface area (Å²) in [5.41, 5.74) is 4.36. The highest BCUT2D eigenvalue weighted by Gasteiger charge is 2.43. The van der Waals surface area contributed by atoms with Crippen LogP contribution in [-0.2, 0) is 16.1 Å². The number of halogens is 1. The van der Waals surface area contributed by atoms with Crippen LogP contribution in [0, 0.1) is 5.82 Å². The summed E-state index contributed by atoms with van der Waals surface area (Å²) in [7, 11) is 1.40. The molecule has 2 aromatic rings. The highest BCUT2D eigenvalue weighted by molar-refractivity contribution is 5.92. The number of hydrogen-bond acceptors (Lipinski definition) is 4. The molecule has 2 aromatic carbocycles. The number of rotatable bonds is 4. The maximum Gasteiger partial charge on any atom is 0.257 e. The molecule has 1 N–H and O–H groups in total. The van der Waals surface area contributed by atoms with Gasteiger partial charge in [-0.3, -0.25) is 15.0 Å². The minimum atomic E-state index is -0.817. The second-order valence-electron chi connectivity index (χ2n) is 7.43. The summed E-state index contributed by atoms with van der Waals surface area (Å²) in [5.74, 6) is -0.799. The van der Waals surface area contributed by atoms with Crippen LogP contribution in [0.2, 0.25) is 0 Å².